The first-order chi connectivity index (χ1) is 11.9. The van der Waals surface area contributed by atoms with Crippen molar-refractivity contribution in [2.75, 3.05) is 59.5 Å². The van der Waals surface area contributed by atoms with Crippen molar-refractivity contribution < 1.29 is 4.74 Å². The minimum Gasteiger partial charge on any atom is -0.377 e. The maximum Gasteiger partial charge on any atom is 0.0811 e. The summed E-state index contributed by atoms with van der Waals surface area (Å²) in [6, 6.07) is 1.25. The molecule has 0 N–H and O–H groups in total. The first kappa shape index (κ1) is 20.5. The van der Waals surface area contributed by atoms with Crippen molar-refractivity contribution in [1.29, 1.82) is 0 Å². The highest BCUT2D eigenvalue weighted by Gasteiger charge is 2.51. The summed E-state index contributed by atoms with van der Waals surface area (Å²) in [4.78, 5) is 10.7. The summed E-state index contributed by atoms with van der Waals surface area (Å²) in [6.45, 7) is 25.4. The van der Waals surface area contributed by atoms with E-state index in [4.69, 9.17) is 4.74 Å². The topological polar surface area (TPSA) is 22.2 Å². The molecule has 0 aromatic carbocycles. The fourth-order valence-electron chi connectivity index (χ4n) is 5.37. The number of likely N-dealkylation sites (N-methyl/N-ethyl adjacent to an activating group) is 1. The van der Waals surface area contributed by atoms with E-state index >= 15 is 0 Å². The summed E-state index contributed by atoms with van der Waals surface area (Å²) in [5, 5.41) is 0. The largest absolute Gasteiger partial charge is 0.377 e. The monoisotopic (exact) mass is 366 g/mol. The molecule has 0 saturated carbocycles. The smallest absolute Gasteiger partial charge is 0.0811 e. The quantitative estimate of drug-likeness (QED) is 0.760. The van der Waals surface area contributed by atoms with Crippen molar-refractivity contribution in [1.82, 2.24) is 19.6 Å². The predicted octanol–water partition coefficient (Wildman–Crippen LogP) is 1.97. The van der Waals surface area contributed by atoms with E-state index in [0.717, 1.165) is 32.8 Å². The van der Waals surface area contributed by atoms with Gasteiger partial charge in [-0.25, -0.2) is 0 Å². The lowest BCUT2D eigenvalue weighted by atomic mass is 9.85. The van der Waals surface area contributed by atoms with E-state index in [1.54, 1.807) is 0 Å². The van der Waals surface area contributed by atoms with Gasteiger partial charge in [0.25, 0.3) is 0 Å². The van der Waals surface area contributed by atoms with E-state index in [-0.39, 0.29) is 16.6 Å². The average molecular weight is 367 g/mol. The van der Waals surface area contributed by atoms with Crippen molar-refractivity contribution in [2.24, 2.45) is 0 Å². The standard InChI is InChI=1S/C21H42N4O/c1-17-11-24(12-18(2)22(17)8)20(6,7)13-23-9-10-25(19(3,4)5)21(14-23)15-26-16-21/h17-18H,9-16H2,1-8H3/t17-,18+. The Hall–Kier alpha value is -0.200. The molecule has 0 aromatic rings. The zero-order valence-electron chi connectivity index (χ0n) is 18.5. The molecule has 0 aromatic heterocycles. The third-order valence-corrected chi connectivity index (χ3v) is 7.11. The Kier molecular flexibility index (Phi) is 5.53. The predicted molar refractivity (Wildman–Crippen MR) is 109 cm³/mol. The second-order valence-corrected chi connectivity index (χ2v) is 10.8. The van der Waals surface area contributed by atoms with Crippen LogP contribution < -0.4 is 0 Å². The lowest BCUT2D eigenvalue weighted by molar-refractivity contribution is -0.196. The van der Waals surface area contributed by atoms with Gasteiger partial charge in [-0.1, -0.05) is 0 Å². The molecule has 0 radical (unpaired) electrons. The van der Waals surface area contributed by atoms with Gasteiger partial charge >= 0.3 is 0 Å². The second-order valence-electron chi connectivity index (χ2n) is 10.8. The lowest BCUT2D eigenvalue weighted by Crippen LogP contribution is -2.76. The van der Waals surface area contributed by atoms with Crippen LogP contribution in [-0.2, 0) is 4.74 Å². The molecule has 5 heteroatoms. The van der Waals surface area contributed by atoms with Gasteiger partial charge in [0.05, 0.1) is 18.8 Å². The van der Waals surface area contributed by atoms with Crippen LogP contribution in [0.4, 0.5) is 0 Å². The fraction of sp³-hybridized carbons (Fsp3) is 1.00. The van der Waals surface area contributed by atoms with Crippen molar-refractivity contribution in [3.63, 3.8) is 0 Å². The molecular formula is C21H42N4O. The fourth-order valence-corrected chi connectivity index (χ4v) is 5.37. The van der Waals surface area contributed by atoms with Gasteiger partial charge in [-0.05, 0) is 55.5 Å². The van der Waals surface area contributed by atoms with Gasteiger partial charge in [0.15, 0.2) is 0 Å². The number of rotatable bonds is 3. The first-order valence-electron chi connectivity index (χ1n) is 10.5. The average Bonchev–Trinajstić information content (AvgIpc) is 2.48. The molecule has 26 heavy (non-hydrogen) atoms. The molecule has 3 rings (SSSR count). The summed E-state index contributed by atoms with van der Waals surface area (Å²) in [5.41, 5.74) is 0.655. The highest BCUT2D eigenvalue weighted by Crippen LogP contribution is 2.36. The van der Waals surface area contributed by atoms with Crippen LogP contribution in [0.5, 0.6) is 0 Å². The minimum atomic E-state index is 0.208. The number of hydrogen-bond acceptors (Lipinski definition) is 5. The zero-order chi connectivity index (χ0) is 19.3. The van der Waals surface area contributed by atoms with E-state index in [0.29, 0.717) is 12.1 Å². The molecule has 152 valence electrons. The highest BCUT2D eigenvalue weighted by molar-refractivity contribution is 5.07. The van der Waals surface area contributed by atoms with Crippen LogP contribution in [0.25, 0.3) is 0 Å². The van der Waals surface area contributed by atoms with Gasteiger partial charge in [-0.2, -0.15) is 0 Å². The van der Waals surface area contributed by atoms with Gasteiger partial charge < -0.3 is 4.74 Å². The SMILES string of the molecule is C[C@@H]1CN(C(C)(C)CN2CCN(C(C)(C)C)C3(COC3)C2)C[C@H](C)N1C. The van der Waals surface area contributed by atoms with Gasteiger partial charge in [0.2, 0.25) is 0 Å². The molecule has 3 saturated heterocycles. The van der Waals surface area contributed by atoms with Crippen molar-refractivity contribution in [2.45, 2.75) is 77.2 Å². The van der Waals surface area contributed by atoms with Crippen LogP contribution in [0.3, 0.4) is 0 Å². The maximum atomic E-state index is 5.69. The lowest BCUT2D eigenvalue weighted by Gasteiger charge is -2.60. The van der Waals surface area contributed by atoms with Gasteiger partial charge in [0, 0.05) is 62.4 Å². The molecule has 3 heterocycles. The summed E-state index contributed by atoms with van der Waals surface area (Å²) < 4.78 is 5.69. The third-order valence-electron chi connectivity index (χ3n) is 7.11. The highest BCUT2D eigenvalue weighted by atomic mass is 16.5. The molecule has 1 spiro atoms. The van der Waals surface area contributed by atoms with E-state index in [2.05, 4.69) is 75.1 Å². The van der Waals surface area contributed by atoms with Crippen LogP contribution in [0.15, 0.2) is 0 Å². The Morgan fingerprint density at radius 3 is 2.00 bits per heavy atom. The van der Waals surface area contributed by atoms with E-state index in [1.807, 2.05) is 0 Å². The van der Waals surface area contributed by atoms with Crippen molar-refractivity contribution >= 4 is 0 Å². The summed E-state index contributed by atoms with van der Waals surface area (Å²) in [7, 11) is 2.27. The van der Waals surface area contributed by atoms with E-state index < -0.39 is 0 Å². The summed E-state index contributed by atoms with van der Waals surface area (Å²) in [5.74, 6) is 0. The molecule has 2 atom stereocenters. The van der Waals surface area contributed by atoms with Crippen LogP contribution in [-0.4, -0.2) is 108 Å². The first-order valence-corrected chi connectivity index (χ1v) is 10.5. The van der Waals surface area contributed by atoms with Crippen LogP contribution in [0.1, 0.15) is 48.5 Å². The van der Waals surface area contributed by atoms with Crippen LogP contribution in [0, 0.1) is 0 Å². The number of ether oxygens (including phenoxy) is 1. The number of hydrogen-bond donors (Lipinski definition) is 0. The van der Waals surface area contributed by atoms with Crippen LogP contribution in [0.2, 0.25) is 0 Å². The normalized spacial score (nSPS) is 32.8. The molecule has 0 amide bonds. The minimum absolute atomic E-state index is 0.208. The Labute approximate surface area is 161 Å². The van der Waals surface area contributed by atoms with Gasteiger partial charge in [-0.3, -0.25) is 19.6 Å². The Balaban J connectivity index is 1.65. The molecule has 0 bridgehead atoms. The van der Waals surface area contributed by atoms with Crippen LogP contribution >= 0.6 is 0 Å². The molecule has 3 fully saturated rings. The number of piperazine rings is 2. The molecule has 5 nitrogen and oxygen atoms in total. The molecule has 0 aliphatic carbocycles. The third kappa shape index (κ3) is 3.83. The second kappa shape index (κ2) is 7.00. The number of nitrogens with zero attached hydrogens (tertiary/aromatic N) is 4. The Morgan fingerprint density at radius 1 is 0.962 bits per heavy atom. The van der Waals surface area contributed by atoms with E-state index in [1.165, 1.54) is 19.6 Å². The van der Waals surface area contributed by atoms with Crippen molar-refractivity contribution in [3.8, 4) is 0 Å². The molecule has 0 unspecified atom stereocenters. The molecule has 3 aliphatic rings. The zero-order valence-corrected chi connectivity index (χ0v) is 18.5. The molecule has 3 aliphatic heterocycles. The summed E-state index contributed by atoms with van der Waals surface area (Å²) in [6.07, 6.45) is 0. The van der Waals surface area contributed by atoms with Gasteiger partial charge in [0.1, 0.15) is 0 Å². The van der Waals surface area contributed by atoms with Gasteiger partial charge in [-0.15, -0.1) is 0 Å². The Morgan fingerprint density at radius 2 is 1.54 bits per heavy atom. The van der Waals surface area contributed by atoms with Crippen molar-refractivity contribution in [3.05, 3.63) is 0 Å². The molecular weight excluding hydrogens is 324 g/mol. The van der Waals surface area contributed by atoms with E-state index in [9.17, 15) is 0 Å². The maximum absolute atomic E-state index is 5.69. The Bertz CT molecular complexity index is 485. The summed E-state index contributed by atoms with van der Waals surface area (Å²) >= 11 is 0.